The molecule has 10 heteroatoms. The lowest BCUT2D eigenvalue weighted by Gasteiger charge is -2.45. The maximum atomic E-state index is 13.9. The Bertz CT molecular complexity index is 993. The molecular weight excluding hydrogens is 417 g/mol. The molecule has 0 aromatic heterocycles. The van der Waals surface area contributed by atoms with Crippen molar-refractivity contribution in [1.29, 1.82) is 0 Å². The number of aromatic hydroxyl groups is 1. The van der Waals surface area contributed by atoms with Gasteiger partial charge in [-0.3, -0.25) is 4.79 Å². The van der Waals surface area contributed by atoms with Crippen LogP contribution in [0.5, 0.6) is 11.5 Å². The Labute approximate surface area is 175 Å². The number of hydrogen-bond acceptors (Lipinski definition) is 5. The van der Waals surface area contributed by atoms with E-state index in [1.807, 2.05) is 0 Å². The number of phenols is 1. The molecule has 2 amide bonds. The maximum Gasteiger partial charge on any atom is 0.437 e. The molecule has 2 aromatic rings. The van der Waals surface area contributed by atoms with Crippen molar-refractivity contribution in [3.63, 3.8) is 0 Å². The SMILES string of the molecule is CCOc1cc([C@@H]2NC(=O)N[C@](O)(C(F)(F)F)[C@H]2C(=O)c2ccc(C)cc2)ccc1O. The van der Waals surface area contributed by atoms with E-state index in [0.717, 1.165) is 5.56 Å². The summed E-state index contributed by atoms with van der Waals surface area (Å²) in [5, 5.41) is 24.3. The molecule has 2 aromatic carbocycles. The first-order chi connectivity index (χ1) is 14.5. The van der Waals surface area contributed by atoms with Crippen molar-refractivity contribution in [3.05, 3.63) is 59.2 Å². The highest BCUT2D eigenvalue weighted by atomic mass is 19.4. The van der Waals surface area contributed by atoms with E-state index in [1.165, 1.54) is 35.6 Å². The van der Waals surface area contributed by atoms with Gasteiger partial charge in [-0.25, -0.2) is 4.79 Å². The van der Waals surface area contributed by atoms with Crippen LogP contribution in [0, 0.1) is 12.8 Å². The molecule has 0 spiro atoms. The van der Waals surface area contributed by atoms with Gasteiger partial charge in [0.05, 0.1) is 12.6 Å². The Morgan fingerprint density at radius 1 is 1.19 bits per heavy atom. The maximum absolute atomic E-state index is 13.9. The molecule has 3 atom stereocenters. The van der Waals surface area contributed by atoms with Gasteiger partial charge in [-0.15, -0.1) is 0 Å². The fourth-order valence-corrected chi connectivity index (χ4v) is 3.51. The number of phenolic OH excluding ortho intramolecular Hbond substituents is 1. The molecule has 0 unspecified atom stereocenters. The number of rotatable bonds is 5. The highest BCUT2D eigenvalue weighted by Gasteiger charge is 2.66. The normalized spacial score (nSPS) is 23.6. The molecule has 1 aliphatic heterocycles. The molecule has 1 aliphatic rings. The second-order valence-corrected chi connectivity index (χ2v) is 7.21. The second-order valence-electron chi connectivity index (χ2n) is 7.21. The van der Waals surface area contributed by atoms with Gasteiger partial charge < -0.3 is 25.6 Å². The topological polar surface area (TPSA) is 108 Å². The van der Waals surface area contributed by atoms with Crippen molar-refractivity contribution in [3.8, 4) is 11.5 Å². The standard InChI is InChI=1S/C21H21F3N2O5/c1-3-31-15-10-13(8-9-14(15)27)17-16(18(28)12-6-4-11(2)5-7-12)20(30,21(22,23)24)26-19(29)25-17/h4-10,16-17,27,30H,3H2,1-2H3,(H2,25,26,29)/t16-,17+,20-/m1/s1. The Hall–Kier alpha value is -3.27. The zero-order valence-electron chi connectivity index (χ0n) is 16.7. The molecule has 31 heavy (non-hydrogen) atoms. The van der Waals surface area contributed by atoms with Gasteiger partial charge in [0.25, 0.3) is 0 Å². The number of Topliss-reactive ketones (excluding diaryl/α,β-unsaturated/α-hetero) is 1. The minimum Gasteiger partial charge on any atom is -0.504 e. The fourth-order valence-electron chi connectivity index (χ4n) is 3.51. The van der Waals surface area contributed by atoms with E-state index >= 15 is 0 Å². The largest absolute Gasteiger partial charge is 0.504 e. The number of benzene rings is 2. The summed E-state index contributed by atoms with van der Waals surface area (Å²) in [5.74, 6) is -3.49. The van der Waals surface area contributed by atoms with E-state index in [0.29, 0.717) is 0 Å². The summed E-state index contributed by atoms with van der Waals surface area (Å²) < 4.78 is 47.1. The van der Waals surface area contributed by atoms with Crippen LogP contribution in [-0.2, 0) is 0 Å². The van der Waals surface area contributed by atoms with Gasteiger partial charge in [0.15, 0.2) is 17.3 Å². The number of nitrogens with one attached hydrogen (secondary N) is 2. The first kappa shape index (κ1) is 22.4. The summed E-state index contributed by atoms with van der Waals surface area (Å²) in [6, 6.07) is 6.60. The smallest absolute Gasteiger partial charge is 0.437 e. The number of aliphatic hydroxyl groups is 1. The summed E-state index contributed by atoms with van der Waals surface area (Å²) in [6.07, 6.45) is -5.35. The van der Waals surface area contributed by atoms with E-state index in [9.17, 15) is 33.0 Å². The Balaban J connectivity index is 2.17. The molecule has 0 aliphatic carbocycles. The van der Waals surface area contributed by atoms with Crippen molar-refractivity contribution in [2.45, 2.75) is 31.8 Å². The third-order valence-electron chi connectivity index (χ3n) is 5.07. The fraction of sp³-hybridized carbons (Fsp3) is 0.333. The molecule has 4 N–H and O–H groups in total. The van der Waals surface area contributed by atoms with E-state index in [-0.39, 0.29) is 29.2 Å². The van der Waals surface area contributed by atoms with Crippen molar-refractivity contribution in [1.82, 2.24) is 10.6 Å². The number of ketones is 1. The first-order valence-corrected chi connectivity index (χ1v) is 9.42. The molecule has 0 radical (unpaired) electrons. The number of urea groups is 1. The Morgan fingerprint density at radius 2 is 1.84 bits per heavy atom. The Morgan fingerprint density at radius 3 is 2.42 bits per heavy atom. The van der Waals surface area contributed by atoms with Gasteiger partial charge in [-0.1, -0.05) is 35.9 Å². The van der Waals surface area contributed by atoms with Crippen LogP contribution in [0.4, 0.5) is 18.0 Å². The molecular formula is C21H21F3N2O5. The monoisotopic (exact) mass is 438 g/mol. The first-order valence-electron chi connectivity index (χ1n) is 9.42. The van der Waals surface area contributed by atoms with Gasteiger partial charge in [0.2, 0.25) is 5.72 Å². The van der Waals surface area contributed by atoms with Crippen LogP contribution in [0.15, 0.2) is 42.5 Å². The van der Waals surface area contributed by atoms with Gasteiger partial charge in [-0.05, 0) is 31.5 Å². The van der Waals surface area contributed by atoms with Crippen LogP contribution in [0.1, 0.15) is 34.5 Å². The van der Waals surface area contributed by atoms with Gasteiger partial charge in [0, 0.05) is 5.56 Å². The molecule has 166 valence electrons. The van der Waals surface area contributed by atoms with E-state index in [2.05, 4.69) is 5.32 Å². The van der Waals surface area contributed by atoms with Crippen LogP contribution in [0.2, 0.25) is 0 Å². The van der Waals surface area contributed by atoms with Crippen LogP contribution in [0.3, 0.4) is 0 Å². The molecule has 1 saturated heterocycles. The molecule has 0 bridgehead atoms. The Kier molecular flexibility index (Phi) is 5.86. The number of carbonyl (C=O) groups excluding carboxylic acids is 2. The number of aryl methyl sites for hydroxylation is 1. The molecule has 1 heterocycles. The van der Waals surface area contributed by atoms with E-state index in [4.69, 9.17) is 4.74 Å². The van der Waals surface area contributed by atoms with Crippen LogP contribution < -0.4 is 15.4 Å². The summed E-state index contributed by atoms with van der Waals surface area (Å²) >= 11 is 0. The van der Waals surface area contributed by atoms with Crippen molar-refractivity contribution in [2.24, 2.45) is 5.92 Å². The zero-order chi connectivity index (χ0) is 23.0. The average Bonchev–Trinajstić information content (AvgIpc) is 2.68. The molecule has 7 nitrogen and oxygen atoms in total. The van der Waals surface area contributed by atoms with Crippen molar-refractivity contribution < 1.29 is 37.7 Å². The lowest BCUT2D eigenvalue weighted by atomic mass is 9.77. The van der Waals surface area contributed by atoms with E-state index < -0.39 is 35.7 Å². The number of ether oxygens (including phenoxy) is 1. The summed E-state index contributed by atoms with van der Waals surface area (Å²) in [5.41, 5.74) is -3.06. The number of carbonyl (C=O) groups is 2. The molecule has 3 rings (SSSR count). The van der Waals surface area contributed by atoms with Crippen LogP contribution >= 0.6 is 0 Å². The summed E-state index contributed by atoms with van der Waals surface area (Å²) in [4.78, 5) is 25.3. The minimum absolute atomic E-state index is 0.0372. The predicted molar refractivity (Wildman–Crippen MR) is 104 cm³/mol. The van der Waals surface area contributed by atoms with Crippen molar-refractivity contribution in [2.75, 3.05) is 6.61 Å². The predicted octanol–water partition coefficient (Wildman–Crippen LogP) is 3.20. The number of alkyl halides is 3. The lowest BCUT2D eigenvalue weighted by molar-refractivity contribution is -0.287. The zero-order valence-corrected chi connectivity index (χ0v) is 16.7. The van der Waals surface area contributed by atoms with Crippen LogP contribution in [0.25, 0.3) is 0 Å². The van der Waals surface area contributed by atoms with Gasteiger partial charge >= 0.3 is 12.2 Å². The number of hydrogen-bond donors (Lipinski definition) is 4. The van der Waals surface area contributed by atoms with Crippen LogP contribution in [-0.4, -0.2) is 40.5 Å². The third-order valence-corrected chi connectivity index (χ3v) is 5.07. The average molecular weight is 438 g/mol. The highest BCUT2D eigenvalue weighted by Crippen LogP contribution is 2.45. The third kappa shape index (κ3) is 4.15. The minimum atomic E-state index is -5.35. The highest BCUT2D eigenvalue weighted by molar-refractivity contribution is 6.00. The second kappa shape index (κ2) is 8.10. The number of halogens is 3. The number of amides is 2. The van der Waals surface area contributed by atoms with E-state index in [1.54, 1.807) is 26.0 Å². The quantitative estimate of drug-likeness (QED) is 0.537. The van der Waals surface area contributed by atoms with Gasteiger partial charge in [-0.2, -0.15) is 13.2 Å². The molecule has 1 fully saturated rings. The summed E-state index contributed by atoms with van der Waals surface area (Å²) in [6.45, 7) is 3.55. The lowest BCUT2D eigenvalue weighted by Crippen LogP contribution is -2.72. The molecule has 0 saturated carbocycles. The van der Waals surface area contributed by atoms with Crippen molar-refractivity contribution >= 4 is 11.8 Å². The van der Waals surface area contributed by atoms with Gasteiger partial charge in [0.1, 0.15) is 5.92 Å². The summed E-state index contributed by atoms with van der Waals surface area (Å²) in [7, 11) is 0.